The number of aliphatic hydroxyl groups is 1. The summed E-state index contributed by atoms with van der Waals surface area (Å²) in [6.07, 6.45) is 2.35. The number of halogens is 1. The lowest BCUT2D eigenvalue weighted by molar-refractivity contribution is 0.281. The number of nitrogens with zero attached hydrogens (tertiary/aromatic N) is 2. The predicted octanol–water partition coefficient (Wildman–Crippen LogP) is 3.41. The molecule has 5 nitrogen and oxygen atoms in total. The van der Waals surface area contributed by atoms with Crippen LogP contribution >= 0.6 is 11.6 Å². The summed E-state index contributed by atoms with van der Waals surface area (Å²) in [6.45, 7) is 2.54. The van der Waals surface area contributed by atoms with E-state index < -0.39 is 0 Å². The number of hydrogen-bond acceptors (Lipinski definition) is 5. The number of aromatic nitrogens is 2. The van der Waals surface area contributed by atoms with Crippen LogP contribution in [0.4, 0.5) is 11.8 Å². The molecule has 1 aliphatic rings. The maximum Gasteiger partial charge on any atom is 0.225 e. The van der Waals surface area contributed by atoms with E-state index in [-0.39, 0.29) is 12.6 Å². The van der Waals surface area contributed by atoms with Crippen LogP contribution in [0.25, 0.3) is 0 Å². The zero-order chi connectivity index (χ0) is 16.2. The van der Waals surface area contributed by atoms with Crippen LogP contribution in [0.2, 0.25) is 5.02 Å². The minimum Gasteiger partial charge on any atom is -0.394 e. The second kappa shape index (κ2) is 7.15. The molecule has 0 amide bonds. The van der Waals surface area contributed by atoms with Crippen LogP contribution < -0.4 is 10.6 Å². The van der Waals surface area contributed by atoms with Crippen molar-refractivity contribution in [3.63, 3.8) is 0 Å². The van der Waals surface area contributed by atoms with E-state index in [9.17, 15) is 5.11 Å². The highest BCUT2D eigenvalue weighted by Crippen LogP contribution is 2.40. The molecule has 6 heteroatoms. The van der Waals surface area contributed by atoms with Crippen molar-refractivity contribution in [1.82, 2.24) is 9.97 Å². The first-order valence-electron chi connectivity index (χ1n) is 7.89. The quantitative estimate of drug-likeness (QED) is 0.725. The lowest BCUT2D eigenvalue weighted by Gasteiger charge is -2.14. The van der Waals surface area contributed by atoms with Crippen molar-refractivity contribution in [3.8, 4) is 0 Å². The van der Waals surface area contributed by atoms with Crippen molar-refractivity contribution in [1.29, 1.82) is 0 Å². The molecule has 3 rings (SSSR count). The maximum atomic E-state index is 9.19. The van der Waals surface area contributed by atoms with Gasteiger partial charge in [-0.05, 0) is 31.4 Å². The van der Waals surface area contributed by atoms with Crippen molar-refractivity contribution in [2.45, 2.75) is 38.3 Å². The topological polar surface area (TPSA) is 70.1 Å². The second-order valence-electron chi connectivity index (χ2n) is 5.95. The summed E-state index contributed by atoms with van der Waals surface area (Å²) in [6, 6.07) is 9.67. The Bertz CT molecular complexity index is 675. The molecule has 0 spiro atoms. The van der Waals surface area contributed by atoms with E-state index in [1.54, 1.807) is 0 Å². The molecule has 1 atom stereocenters. The smallest absolute Gasteiger partial charge is 0.225 e. The molecule has 1 saturated carbocycles. The van der Waals surface area contributed by atoms with E-state index in [0.717, 1.165) is 22.1 Å². The molecule has 0 saturated heterocycles. The molecule has 1 aliphatic carbocycles. The summed E-state index contributed by atoms with van der Waals surface area (Å²) in [7, 11) is 0. The van der Waals surface area contributed by atoms with Gasteiger partial charge in [-0.15, -0.1) is 0 Å². The van der Waals surface area contributed by atoms with Crippen molar-refractivity contribution in [3.05, 3.63) is 46.6 Å². The third kappa shape index (κ3) is 4.33. The van der Waals surface area contributed by atoms with Gasteiger partial charge in [-0.1, -0.05) is 29.8 Å². The SMILES string of the molecule is C[C@H](CO)Nc1nc(NCc2ccccc2Cl)cc(C2CC2)n1. The average molecular weight is 333 g/mol. The molecule has 2 aromatic rings. The van der Waals surface area contributed by atoms with Gasteiger partial charge in [0.1, 0.15) is 5.82 Å². The highest BCUT2D eigenvalue weighted by atomic mass is 35.5. The first-order chi connectivity index (χ1) is 11.2. The Morgan fingerprint density at radius 3 is 2.78 bits per heavy atom. The average Bonchev–Trinajstić information content (AvgIpc) is 3.39. The number of anilines is 2. The monoisotopic (exact) mass is 332 g/mol. The van der Waals surface area contributed by atoms with Gasteiger partial charge < -0.3 is 15.7 Å². The second-order valence-corrected chi connectivity index (χ2v) is 6.36. The summed E-state index contributed by atoms with van der Waals surface area (Å²) >= 11 is 6.19. The molecule has 0 radical (unpaired) electrons. The molecular formula is C17H21ClN4O. The van der Waals surface area contributed by atoms with Gasteiger partial charge in [-0.2, -0.15) is 4.98 Å². The van der Waals surface area contributed by atoms with Crippen molar-refractivity contribution < 1.29 is 5.11 Å². The van der Waals surface area contributed by atoms with E-state index in [1.807, 2.05) is 37.3 Å². The summed E-state index contributed by atoms with van der Waals surface area (Å²) < 4.78 is 0. The molecule has 0 bridgehead atoms. The molecule has 1 heterocycles. The van der Waals surface area contributed by atoms with Crippen molar-refractivity contribution >= 4 is 23.4 Å². The minimum atomic E-state index is -0.0825. The van der Waals surface area contributed by atoms with E-state index in [0.29, 0.717) is 18.4 Å². The minimum absolute atomic E-state index is 0.0411. The van der Waals surface area contributed by atoms with E-state index >= 15 is 0 Å². The normalized spacial score (nSPS) is 15.3. The Kier molecular flexibility index (Phi) is 4.98. The number of aliphatic hydroxyl groups excluding tert-OH is 1. The van der Waals surface area contributed by atoms with Crippen LogP contribution in [0.15, 0.2) is 30.3 Å². The Labute approximate surface area is 141 Å². The van der Waals surface area contributed by atoms with Gasteiger partial charge in [0.25, 0.3) is 0 Å². The van der Waals surface area contributed by atoms with Gasteiger partial charge in [-0.25, -0.2) is 4.98 Å². The lowest BCUT2D eigenvalue weighted by atomic mass is 10.2. The molecule has 1 aromatic heterocycles. The Hall–Kier alpha value is -1.85. The summed E-state index contributed by atoms with van der Waals surface area (Å²) in [5.74, 6) is 1.86. The van der Waals surface area contributed by atoms with Gasteiger partial charge in [0, 0.05) is 29.6 Å². The molecule has 0 aliphatic heterocycles. The first-order valence-corrected chi connectivity index (χ1v) is 8.27. The van der Waals surface area contributed by atoms with Crippen LogP contribution in [-0.2, 0) is 6.54 Å². The zero-order valence-corrected chi connectivity index (χ0v) is 13.8. The Balaban J connectivity index is 1.76. The summed E-state index contributed by atoms with van der Waals surface area (Å²) in [5.41, 5.74) is 2.08. The molecule has 1 fully saturated rings. The molecule has 0 unspecified atom stereocenters. The van der Waals surface area contributed by atoms with E-state index in [2.05, 4.69) is 20.6 Å². The van der Waals surface area contributed by atoms with Gasteiger partial charge in [0.15, 0.2) is 0 Å². The molecular weight excluding hydrogens is 312 g/mol. The zero-order valence-electron chi connectivity index (χ0n) is 13.1. The van der Waals surface area contributed by atoms with Crippen LogP contribution in [-0.4, -0.2) is 27.7 Å². The fourth-order valence-electron chi connectivity index (χ4n) is 2.30. The highest BCUT2D eigenvalue weighted by Gasteiger charge is 2.26. The largest absolute Gasteiger partial charge is 0.394 e. The third-order valence-electron chi connectivity index (χ3n) is 3.81. The predicted molar refractivity (Wildman–Crippen MR) is 93.0 cm³/mol. The van der Waals surface area contributed by atoms with Crippen LogP contribution in [0.3, 0.4) is 0 Å². The summed E-state index contributed by atoms with van der Waals surface area (Å²) in [4.78, 5) is 9.05. The fraction of sp³-hybridized carbons (Fsp3) is 0.412. The first kappa shape index (κ1) is 16.0. The standard InChI is InChI=1S/C17H21ClN4O/c1-11(10-23)20-17-21-15(12-6-7-12)8-16(22-17)19-9-13-4-2-3-5-14(13)18/h2-5,8,11-12,23H,6-7,9-10H2,1H3,(H2,19,20,21,22)/t11-/m1/s1. The van der Waals surface area contributed by atoms with Gasteiger partial charge in [0.05, 0.1) is 12.3 Å². The molecule has 1 aromatic carbocycles. The number of rotatable bonds is 7. The highest BCUT2D eigenvalue weighted by molar-refractivity contribution is 6.31. The Morgan fingerprint density at radius 2 is 2.09 bits per heavy atom. The third-order valence-corrected chi connectivity index (χ3v) is 4.18. The van der Waals surface area contributed by atoms with E-state index in [1.165, 1.54) is 12.8 Å². The van der Waals surface area contributed by atoms with Gasteiger partial charge in [-0.3, -0.25) is 0 Å². The van der Waals surface area contributed by atoms with Crippen molar-refractivity contribution in [2.24, 2.45) is 0 Å². The fourth-order valence-corrected chi connectivity index (χ4v) is 2.51. The Morgan fingerprint density at radius 1 is 1.30 bits per heavy atom. The number of benzene rings is 1. The molecule has 23 heavy (non-hydrogen) atoms. The number of hydrogen-bond donors (Lipinski definition) is 3. The van der Waals surface area contributed by atoms with Crippen LogP contribution in [0.5, 0.6) is 0 Å². The van der Waals surface area contributed by atoms with Crippen molar-refractivity contribution in [2.75, 3.05) is 17.2 Å². The van der Waals surface area contributed by atoms with E-state index in [4.69, 9.17) is 11.6 Å². The maximum absolute atomic E-state index is 9.19. The van der Waals surface area contributed by atoms with Crippen LogP contribution in [0.1, 0.15) is 36.9 Å². The molecule has 122 valence electrons. The van der Waals surface area contributed by atoms with Crippen LogP contribution in [0, 0.1) is 0 Å². The molecule has 3 N–H and O–H groups in total. The summed E-state index contributed by atoms with van der Waals surface area (Å²) in [5, 5.41) is 16.4. The lowest BCUT2D eigenvalue weighted by Crippen LogP contribution is -2.21. The van der Waals surface area contributed by atoms with Gasteiger partial charge >= 0.3 is 0 Å². The van der Waals surface area contributed by atoms with Gasteiger partial charge in [0.2, 0.25) is 5.95 Å². The number of nitrogens with one attached hydrogen (secondary N) is 2.